The summed E-state index contributed by atoms with van der Waals surface area (Å²) < 4.78 is 5.48. The molecule has 0 bridgehead atoms. The number of carbonyl (C=O) groups excluding carboxylic acids is 2. The topological polar surface area (TPSA) is 88.5 Å². The van der Waals surface area contributed by atoms with Crippen LogP contribution in [0.3, 0.4) is 0 Å². The molecule has 6 nitrogen and oxygen atoms in total. The van der Waals surface area contributed by atoms with Gasteiger partial charge in [0.1, 0.15) is 12.6 Å². The second kappa shape index (κ2) is 11.6. The van der Waals surface area contributed by atoms with Crippen molar-refractivity contribution in [3.63, 3.8) is 0 Å². The van der Waals surface area contributed by atoms with Crippen LogP contribution in [-0.4, -0.2) is 34.6 Å². The number of hydrogen-bond donors (Lipinski definition) is 2. The normalized spacial score (nSPS) is 10.7. The maximum Gasteiger partial charge on any atom is 0.325 e. The molecule has 6 heteroatoms. The highest BCUT2D eigenvalue weighted by Gasteiger charge is 2.15. The van der Waals surface area contributed by atoms with Crippen molar-refractivity contribution in [1.82, 2.24) is 10.3 Å². The van der Waals surface area contributed by atoms with E-state index in [0.29, 0.717) is 11.3 Å². The number of pyridine rings is 1. The van der Waals surface area contributed by atoms with E-state index in [1.54, 1.807) is 0 Å². The van der Waals surface area contributed by atoms with Crippen LogP contribution in [0.25, 0.3) is 0 Å². The second-order valence-electron chi connectivity index (χ2n) is 5.77. The van der Waals surface area contributed by atoms with Crippen molar-refractivity contribution < 1.29 is 19.4 Å². The molecular formula is C18H28N2O4. The second-order valence-corrected chi connectivity index (χ2v) is 5.77. The number of nitrogens with one attached hydrogen (secondary N) is 1. The molecule has 0 aliphatic rings. The number of ether oxygens (including phenoxy) is 1. The van der Waals surface area contributed by atoms with E-state index in [2.05, 4.69) is 24.1 Å². The predicted molar refractivity (Wildman–Crippen MR) is 91.4 cm³/mol. The minimum absolute atomic E-state index is 0.0729. The third-order valence-electron chi connectivity index (χ3n) is 3.69. The predicted octanol–water partition coefficient (Wildman–Crippen LogP) is 2.60. The molecule has 24 heavy (non-hydrogen) atoms. The van der Waals surface area contributed by atoms with E-state index in [1.807, 2.05) is 0 Å². The molecule has 0 aliphatic heterocycles. The highest BCUT2D eigenvalue weighted by molar-refractivity contribution is 5.95. The minimum atomic E-state index is -0.419. The minimum Gasteiger partial charge on any atom is -0.461 e. The fraction of sp³-hybridized carbons (Fsp3) is 0.611. The number of amides is 1. The van der Waals surface area contributed by atoms with Gasteiger partial charge in [0.25, 0.3) is 5.91 Å². The smallest absolute Gasteiger partial charge is 0.325 e. The third-order valence-corrected chi connectivity index (χ3v) is 3.69. The van der Waals surface area contributed by atoms with E-state index in [1.165, 1.54) is 18.3 Å². The van der Waals surface area contributed by atoms with Gasteiger partial charge in [0.2, 0.25) is 0 Å². The number of aliphatic hydroxyl groups is 1. The van der Waals surface area contributed by atoms with Crippen molar-refractivity contribution in [1.29, 1.82) is 0 Å². The van der Waals surface area contributed by atoms with Crippen molar-refractivity contribution in [2.45, 2.75) is 65.1 Å². The van der Waals surface area contributed by atoms with Crippen molar-refractivity contribution in [2.75, 3.05) is 6.54 Å². The van der Waals surface area contributed by atoms with Crippen molar-refractivity contribution in [3.05, 3.63) is 29.6 Å². The van der Waals surface area contributed by atoms with Gasteiger partial charge in [0.05, 0.1) is 12.3 Å². The van der Waals surface area contributed by atoms with Gasteiger partial charge in [-0.1, -0.05) is 39.5 Å². The molecule has 1 heterocycles. The molecule has 1 aromatic heterocycles. The van der Waals surface area contributed by atoms with E-state index in [4.69, 9.17) is 9.84 Å². The number of nitrogens with zero attached hydrogens (tertiary/aromatic N) is 1. The van der Waals surface area contributed by atoms with Gasteiger partial charge in [0, 0.05) is 11.8 Å². The first kappa shape index (κ1) is 20.1. The Balaban J connectivity index is 2.46. The maximum absolute atomic E-state index is 12.0. The number of rotatable bonds is 11. The molecule has 0 fully saturated rings. The third kappa shape index (κ3) is 7.55. The zero-order valence-electron chi connectivity index (χ0n) is 14.6. The lowest BCUT2D eigenvalue weighted by atomic mass is 10.1. The first-order chi connectivity index (χ1) is 11.6. The van der Waals surface area contributed by atoms with Crippen LogP contribution in [0, 0.1) is 0 Å². The molecule has 0 aliphatic carbocycles. The summed E-state index contributed by atoms with van der Waals surface area (Å²) in [5, 5.41) is 11.6. The molecule has 1 aromatic rings. The van der Waals surface area contributed by atoms with E-state index in [-0.39, 0.29) is 25.2 Å². The Morgan fingerprint density at radius 2 is 1.92 bits per heavy atom. The molecule has 0 atom stereocenters. The average Bonchev–Trinajstić information content (AvgIpc) is 2.61. The molecular weight excluding hydrogens is 308 g/mol. The van der Waals surface area contributed by atoms with Crippen molar-refractivity contribution in [2.24, 2.45) is 0 Å². The summed E-state index contributed by atoms with van der Waals surface area (Å²) in [5.74, 6) is -0.806. The molecule has 0 saturated carbocycles. The summed E-state index contributed by atoms with van der Waals surface area (Å²) in [6.45, 7) is 3.81. The summed E-state index contributed by atoms with van der Waals surface area (Å²) >= 11 is 0. The molecule has 134 valence electrons. The standard InChI is InChI=1S/C18H28N2O4/c1-3-5-7-16(8-6-4-2)24-17(22)12-20-18(23)14-9-10-19-15(11-14)13-21/h9-11,16,21H,3-8,12-13H2,1-2H3,(H,20,23). The monoisotopic (exact) mass is 336 g/mol. The SMILES string of the molecule is CCCCC(CCCC)OC(=O)CNC(=O)c1ccnc(CO)c1. The van der Waals surface area contributed by atoms with Gasteiger partial charge in [0.15, 0.2) is 0 Å². The van der Waals surface area contributed by atoms with E-state index in [0.717, 1.165) is 38.5 Å². The Kier molecular flexibility index (Phi) is 9.68. The van der Waals surface area contributed by atoms with Crippen LogP contribution < -0.4 is 5.32 Å². The number of hydrogen-bond acceptors (Lipinski definition) is 5. The molecule has 0 aromatic carbocycles. The molecule has 0 saturated heterocycles. The van der Waals surface area contributed by atoms with Crippen molar-refractivity contribution >= 4 is 11.9 Å². The van der Waals surface area contributed by atoms with Crippen LogP contribution in [0.15, 0.2) is 18.3 Å². The lowest BCUT2D eigenvalue weighted by Crippen LogP contribution is -2.32. The molecule has 2 N–H and O–H groups in total. The summed E-state index contributed by atoms with van der Waals surface area (Å²) in [5.41, 5.74) is 0.764. The molecule has 1 rings (SSSR count). The highest BCUT2D eigenvalue weighted by Crippen LogP contribution is 2.12. The van der Waals surface area contributed by atoms with Crippen LogP contribution >= 0.6 is 0 Å². The van der Waals surface area contributed by atoms with E-state index < -0.39 is 5.97 Å². The van der Waals surface area contributed by atoms with E-state index >= 15 is 0 Å². The van der Waals surface area contributed by atoms with Crippen LogP contribution in [-0.2, 0) is 16.1 Å². The summed E-state index contributed by atoms with van der Waals surface area (Å²) in [4.78, 5) is 27.9. The van der Waals surface area contributed by atoms with E-state index in [9.17, 15) is 9.59 Å². The van der Waals surface area contributed by atoms with Gasteiger partial charge in [-0.25, -0.2) is 0 Å². The Morgan fingerprint density at radius 1 is 1.25 bits per heavy atom. The van der Waals surface area contributed by atoms with Crippen LogP contribution in [0.2, 0.25) is 0 Å². The fourth-order valence-corrected chi connectivity index (χ4v) is 2.31. The fourth-order valence-electron chi connectivity index (χ4n) is 2.31. The summed E-state index contributed by atoms with van der Waals surface area (Å²) in [6.07, 6.45) is 7.27. The largest absolute Gasteiger partial charge is 0.461 e. The van der Waals surface area contributed by atoms with Crippen LogP contribution in [0.5, 0.6) is 0 Å². The zero-order valence-corrected chi connectivity index (χ0v) is 14.6. The first-order valence-electron chi connectivity index (χ1n) is 8.64. The molecule has 0 radical (unpaired) electrons. The summed E-state index contributed by atoms with van der Waals surface area (Å²) in [7, 11) is 0. The van der Waals surface area contributed by atoms with Crippen LogP contribution in [0.4, 0.5) is 0 Å². The lowest BCUT2D eigenvalue weighted by Gasteiger charge is -2.17. The van der Waals surface area contributed by atoms with Crippen molar-refractivity contribution in [3.8, 4) is 0 Å². The molecule has 0 spiro atoms. The Morgan fingerprint density at radius 3 is 2.50 bits per heavy atom. The quantitative estimate of drug-likeness (QED) is 0.606. The number of aliphatic hydroxyl groups excluding tert-OH is 1. The lowest BCUT2D eigenvalue weighted by molar-refractivity contribution is -0.148. The average molecular weight is 336 g/mol. The van der Waals surface area contributed by atoms with Gasteiger partial charge >= 0.3 is 5.97 Å². The van der Waals surface area contributed by atoms with Gasteiger partial charge in [-0.2, -0.15) is 0 Å². The maximum atomic E-state index is 12.0. The first-order valence-corrected chi connectivity index (χ1v) is 8.64. The Labute approximate surface area is 143 Å². The molecule has 0 unspecified atom stereocenters. The zero-order chi connectivity index (χ0) is 17.8. The van der Waals surface area contributed by atoms with Crippen LogP contribution in [0.1, 0.15) is 68.4 Å². The number of esters is 1. The number of aromatic nitrogens is 1. The number of carbonyl (C=O) groups is 2. The van der Waals surface area contributed by atoms with Gasteiger partial charge in [-0.15, -0.1) is 0 Å². The van der Waals surface area contributed by atoms with Gasteiger partial charge < -0.3 is 15.2 Å². The highest BCUT2D eigenvalue weighted by atomic mass is 16.5. The van der Waals surface area contributed by atoms with Gasteiger partial charge in [-0.05, 0) is 25.0 Å². The molecule has 1 amide bonds. The summed E-state index contributed by atoms with van der Waals surface area (Å²) in [6, 6.07) is 3.02. The Hall–Kier alpha value is -1.95. The van der Waals surface area contributed by atoms with Gasteiger partial charge in [-0.3, -0.25) is 14.6 Å². The number of unbranched alkanes of at least 4 members (excludes halogenated alkanes) is 2. The Bertz CT molecular complexity index is 511.